The summed E-state index contributed by atoms with van der Waals surface area (Å²) >= 11 is 5.55. The van der Waals surface area contributed by atoms with Crippen LogP contribution in [0, 0.1) is 0 Å². The normalized spacial score (nSPS) is 16.7. The Morgan fingerprint density at radius 2 is 2.04 bits per heavy atom. The van der Waals surface area contributed by atoms with Crippen LogP contribution >= 0.6 is 11.6 Å². The molecule has 3 N–H and O–H groups in total. The second-order valence-electron chi connectivity index (χ2n) is 5.82. The number of fused-ring (bicyclic) bond motifs is 1. The molecule has 0 saturated heterocycles. The highest BCUT2D eigenvalue weighted by atomic mass is 35.5. The molecule has 138 valence electrons. The molecule has 0 bridgehead atoms. The van der Waals surface area contributed by atoms with E-state index in [9.17, 15) is 23.1 Å². The molecule has 1 aliphatic carbocycles. The molecule has 1 aromatic carbocycles. The first-order chi connectivity index (χ1) is 12.2. The summed E-state index contributed by atoms with van der Waals surface area (Å²) in [5.74, 6) is 0.219. The summed E-state index contributed by atoms with van der Waals surface area (Å²) in [7, 11) is 0. The van der Waals surface area contributed by atoms with Crippen LogP contribution in [-0.2, 0) is 19.0 Å². The van der Waals surface area contributed by atoms with Gasteiger partial charge in [0.2, 0.25) is 0 Å². The Bertz CT molecular complexity index is 845. The number of aryl methyl sites for hydroxylation is 1. The summed E-state index contributed by atoms with van der Waals surface area (Å²) in [6.45, 7) is 0. The van der Waals surface area contributed by atoms with E-state index in [1.807, 2.05) is 0 Å². The van der Waals surface area contributed by atoms with Crippen LogP contribution in [0.1, 0.15) is 23.2 Å². The fraction of sp³-hybridized carbons (Fsp3) is 0.312. The number of alkyl halides is 3. The van der Waals surface area contributed by atoms with E-state index >= 15 is 0 Å². The number of hydrogen-bond donors (Lipinski definition) is 3. The Labute approximate surface area is 151 Å². The number of amides is 2. The minimum Gasteiger partial charge on any atom is -0.393 e. The summed E-state index contributed by atoms with van der Waals surface area (Å²) < 4.78 is 38.7. The third-order valence-corrected chi connectivity index (χ3v) is 4.28. The number of rotatable bonds is 2. The second kappa shape index (κ2) is 7.08. The monoisotopic (exact) mass is 386 g/mol. The molecule has 10 heteroatoms. The Balaban J connectivity index is 1.77. The molecule has 6 nitrogen and oxygen atoms in total. The van der Waals surface area contributed by atoms with Crippen LogP contribution in [0.5, 0.6) is 0 Å². The molecule has 0 aliphatic heterocycles. The summed E-state index contributed by atoms with van der Waals surface area (Å²) in [6, 6.07) is 2.31. The lowest BCUT2D eigenvalue weighted by Crippen LogP contribution is -2.25. The van der Waals surface area contributed by atoms with Gasteiger partial charge in [-0.2, -0.15) is 13.2 Å². The molecule has 1 atom stereocenters. The summed E-state index contributed by atoms with van der Waals surface area (Å²) in [5, 5.41) is 14.1. The van der Waals surface area contributed by atoms with Crippen LogP contribution in [0.2, 0.25) is 5.02 Å². The van der Waals surface area contributed by atoms with Crippen LogP contribution in [0.4, 0.5) is 29.5 Å². The fourth-order valence-corrected chi connectivity index (χ4v) is 2.94. The zero-order valence-corrected chi connectivity index (χ0v) is 14.0. The van der Waals surface area contributed by atoms with Gasteiger partial charge in [-0.1, -0.05) is 11.6 Å². The summed E-state index contributed by atoms with van der Waals surface area (Å²) in [6.07, 6.45) is -2.47. The van der Waals surface area contributed by atoms with Crippen molar-refractivity contribution in [2.45, 2.75) is 31.5 Å². The molecule has 1 aliphatic rings. The average Bonchev–Trinajstić information content (AvgIpc) is 2.56. The van der Waals surface area contributed by atoms with Crippen molar-refractivity contribution in [1.29, 1.82) is 0 Å². The van der Waals surface area contributed by atoms with E-state index < -0.39 is 28.9 Å². The van der Waals surface area contributed by atoms with E-state index in [0.29, 0.717) is 24.8 Å². The SMILES string of the molecule is O=C(Nc1ccc(Cl)c(C(F)(F)F)c1)Nc1ncnc2c1CC(O)CC2. The van der Waals surface area contributed by atoms with Gasteiger partial charge < -0.3 is 10.4 Å². The number of carbonyl (C=O) groups is 1. The molecule has 26 heavy (non-hydrogen) atoms. The van der Waals surface area contributed by atoms with Gasteiger partial charge in [-0.3, -0.25) is 5.32 Å². The molecular weight excluding hydrogens is 373 g/mol. The van der Waals surface area contributed by atoms with Gasteiger partial charge in [-0.05, 0) is 31.0 Å². The van der Waals surface area contributed by atoms with Gasteiger partial charge in [-0.15, -0.1) is 0 Å². The average molecular weight is 387 g/mol. The van der Waals surface area contributed by atoms with Gasteiger partial charge in [0, 0.05) is 23.4 Å². The number of benzene rings is 1. The number of nitrogens with zero attached hydrogens (tertiary/aromatic N) is 2. The third-order valence-electron chi connectivity index (χ3n) is 3.95. The van der Waals surface area contributed by atoms with Crippen LogP contribution in [0.25, 0.3) is 0 Å². The van der Waals surface area contributed by atoms with Gasteiger partial charge >= 0.3 is 12.2 Å². The van der Waals surface area contributed by atoms with Crippen molar-refractivity contribution in [3.05, 3.63) is 46.4 Å². The van der Waals surface area contributed by atoms with Crippen molar-refractivity contribution < 1.29 is 23.1 Å². The van der Waals surface area contributed by atoms with Gasteiger partial charge in [0.25, 0.3) is 0 Å². The predicted octanol–water partition coefficient (Wildman–Crippen LogP) is 3.64. The van der Waals surface area contributed by atoms with Crippen molar-refractivity contribution in [3.63, 3.8) is 0 Å². The van der Waals surface area contributed by atoms with Crippen molar-refractivity contribution >= 4 is 29.1 Å². The first-order valence-corrected chi connectivity index (χ1v) is 8.07. The van der Waals surface area contributed by atoms with Gasteiger partial charge in [0.15, 0.2) is 0 Å². The minimum absolute atomic E-state index is 0.0674. The number of hydrogen-bond acceptors (Lipinski definition) is 4. The lowest BCUT2D eigenvalue weighted by molar-refractivity contribution is -0.137. The molecule has 2 aromatic rings. The number of halogens is 4. The minimum atomic E-state index is -4.63. The summed E-state index contributed by atoms with van der Waals surface area (Å²) in [4.78, 5) is 20.2. The van der Waals surface area contributed by atoms with Crippen LogP contribution in [0.15, 0.2) is 24.5 Å². The molecule has 0 spiro atoms. The van der Waals surface area contributed by atoms with E-state index in [1.165, 1.54) is 12.4 Å². The molecular formula is C16H14ClF3N4O2. The Kier molecular flexibility index (Phi) is 5.01. The first kappa shape index (κ1) is 18.4. The Morgan fingerprint density at radius 3 is 2.77 bits per heavy atom. The zero-order chi connectivity index (χ0) is 18.9. The zero-order valence-electron chi connectivity index (χ0n) is 13.3. The number of aromatic nitrogens is 2. The van der Waals surface area contributed by atoms with Crippen molar-refractivity contribution in [1.82, 2.24) is 9.97 Å². The van der Waals surface area contributed by atoms with Gasteiger partial charge in [-0.25, -0.2) is 14.8 Å². The molecule has 1 heterocycles. The maximum absolute atomic E-state index is 12.9. The predicted molar refractivity (Wildman–Crippen MR) is 89.2 cm³/mol. The molecule has 3 rings (SSSR count). The first-order valence-electron chi connectivity index (χ1n) is 7.69. The lowest BCUT2D eigenvalue weighted by Gasteiger charge is -2.21. The lowest BCUT2D eigenvalue weighted by atomic mass is 9.94. The Morgan fingerprint density at radius 1 is 1.27 bits per heavy atom. The van der Waals surface area contributed by atoms with Crippen LogP contribution in [0.3, 0.4) is 0 Å². The van der Waals surface area contributed by atoms with Crippen LogP contribution in [-0.4, -0.2) is 27.2 Å². The quantitative estimate of drug-likeness (QED) is 0.735. The highest BCUT2D eigenvalue weighted by molar-refractivity contribution is 6.31. The molecule has 1 unspecified atom stereocenters. The van der Waals surface area contributed by atoms with E-state index in [1.54, 1.807) is 0 Å². The molecule has 1 aromatic heterocycles. The molecule has 0 saturated carbocycles. The maximum atomic E-state index is 12.9. The maximum Gasteiger partial charge on any atom is 0.417 e. The highest BCUT2D eigenvalue weighted by Gasteiger charge is 2.33. The second-order valence-corrected chi connectivity index (χ2v) is 6.22. The number of aliphatic hydroxyl groups is 1. The van der Waals surface area contributed by atoms with E-state index in [2.05, 4.69) is 20.6 Å². The molecule has 2 amide bonds. The topological polar surface area (TPSA) is 87.1 Å². The number of aliphatic hydroxyl groups excluding tert-OH is 1. The Hall–Kier alpha value is -2.39. The van der Waals surface area contributed by atoms with E-state index in [-0.39, 0.29) is 11.5 Å². The van der Waals surface area contributed by atoms with Gasteiger partial charge in [0.1, 0.15) is 12.1 Å². The number of urea groups is 1. The number of carbonyl (C=O) groups excluding carboxylic acids is 1. The van der Waals surface area contributed by atoms with Gasteiger partial charge in [0.05, 0.1) is 16.7 Å². The van der Waals surface area contributed by atoms with Crippen molar-refractivity contribution in [3.8, 4) is 0 Å². The van der Waals surface area contributed by atoms with Crippen LogP contribution < -0.4 is 10.6 Å². The largest absolute Gasteiger partial charge is 0.417 e. The molecule has 0 radical (unpaired) electrons. The third kappa shape index (κ3) is 4.05. The summed E-state index contributed by atoms with van der Waals surface area (Å²) in [5.41, 5.74) is 0.238. The van der Waals surface area contributed by atoms with Crippen molar-refractivity contribution in [2.75, 3.05) is 10.6 Å². The highest BCUT2D eigenvalue weighted by Crippen LogP contribution is 2.36. The fourth-order valence-electron chi connectivity index (χ4n) is 2.72. The number of nitrogens with one attached hydrogen (secondary N) is 2. The van der Waals surface area contributed by atoms with E-state index in [4.69, 9.17) is 11.6 Å². The smallest absolute Gasteiger partial charge is 0.393 e. The number of anilines is 2. The van der Waals surface area contributed by atoms with Crippen molar-refractivity contribution in [2.24, 2.45) is 0 Å². The standard InChI is InChI=1S/C16H14ClF3N4O2/c17-12-3-1-8(5-11(12)16(18,19)20)23-15(26)24-14-10-6-9(25)2-4-13(10)21-7-22-14/h1,3,5,7,9,25H,2,4,6H2,(H2,21,22,23,24,26). The van der Waals surface area contributed by atoms with E-state index in [0.717, 1.165) is 17.8 Å². The molecule has 0 fully saturated rings.